The van der Waals surface area contributed by atoms with Crippen molar-refractivity contribution in [1.82, 2.24) is 5.32 Å². The van der Waals surface area contributed by atoms with E-state index in [2.05, 4.69) is 24.5 Å². The van der Waals surface area contributed by atoms with Crippen molar-refractivity contribution in [3.63, 3.8) is 0 Å². The van der Waals surface area contributed by atoms with Crippen LogP contribution in [0, 0.1) is 5.92 Å². The Morgan fingerprint density at radius 1 is 1.07 bits per heavy atom. The molecule has 0 saturated carbocycles. The van der Waals surface area contributed by atoms with Crippen molar-refractivity contribution in [2.45, 2.75) is 27.2 Å². The third-order valence-corrected chi connectivity index (χ3v) is 3.91. The normalized spacial score (nSPS) is 10.4. The number of ether oxygens (including phenoxy) is 2. The first-order valence-corrected chi connectivity index (χ1v) is 9.46. The van der Waals surface area contributed by atoms with Gasteiger partial charge in [-0.15, -0.1) is 0 Å². The summed E-state index contributed by atoms with van der Waals surface area (Å²) in [6, 6.07) is 14.4. The third kappa shape index (κ3) is 7.27. The van der Waals surface area contributed by atoms with Crippen LogP contribution >= 0.6 is 12.2 Å². The van der Waals surface area contributed by atoms with Gasteiger partial charge >= 0.3 is 0 Å². The molecule has 27 heavy (non-hydrogen) atoms. The molecule has 0 saturated heterocycles. The second-order valence-electron chi connectivity index (χ2n) is 6.42. The fraction of sp³-hybridized carbons (Fsp3) is 0.333. The van der Waals surface area contributed by atoms with Gasteiger partial charge in [0.05, 0.1) is 13.2 Å². The zero-order valence-electron chi connectivity index (χ0n) is 16.0. The van der Waals surface area contributed by atoms with Crippen LogP contribution in [0.15, 0.2) is 48.5 Å². The summed E-state index contributed by atoms with van der Waals surface area (Å²) in [5, 5.41) is 5.91. The summed E-state index contributed by atoms with van der Waals surface area (Å²) in [6.45, 7) is 7.48. The van der Waals surface area contributed by atoms with Gasteiger partial charge in [0, 0.05) is 17.3 Å². The molecule has 0 unspecified atom stereocenters. The van der Waals surface area contributed by atoms with Crippen molar-refractivity contribution in [2.24, 2.45) is 5.92 Å². The summed E-state index contributed by atoms with van der Waals surface area (Å²) in [7, 11) is 0. The lowest BCUT2D eigenvalue weighted by atomic mass is 10.1. The highest BCUT2D eigenvalue weighted by atomic mass is 32.1. The summed E-state index contributed by atoms with van der Waals surface area (Å²) in [4.78, 5) is 12.3. The van der Waals surface area contributed by atoms with Crippen LogP contribution in [0.4, 0.5) is 5.69 Å². The van der Waals surface area contributed by atoms with Crippen molar-refractivity contribution in [2.75, 3.05) is 18.5 Å². The number of carbonyl (C=O) groups excluding carboxylic acids is 1. The van der Waals surface area contributed by atoms with Gasteiger partial charge in [0.25, 0.3) is 5.91 Å². The highest BCUT2D eigenvalue weighted by Gasteiger charge is 2.08. The van der Waals surface area contributed by atoms with E-state index in [4.69, 9.17) is 21.7 Å². The maximum atomic E-state index is 12.3. The molecule has 2 N–H and O–H groups in total. The van der Waals surface area contributed by atoms with Crippen LogP contribution in [0.25, 0.3) is 0 Å². The maximum Gasteiger partial charge on any atom is 0.257 e. The van der Waals surface area contributed by atoms with Gasteiger partial charge in [-0.3, -0.25) is 10.1 Å². The summed E-state index contributed by atoms with van der Waals surface area (Å²) in [6.07, 6.45) is 0.994. The van der Waals surface area contributed by atoms with E-state index < -0.39 is 0 Å². The summed E-state index contributed by atoms with van der Waals surface area (Å²) in [5.41, 5.74) is 1.27. The average molecular weight is 387 g/mol. The minimum absolute atomic E-state index is 0.230. The van der Waals surface area contributed by atoms with E-state index >= 15 is 0 Å². The van der Waals surface area contributed by atoms with Crippen LogP contribution in [0.5, 0.6) is 11.5 Å². The van der Waals surface area contributed by atoms with Gasteiger partial charge in [-0.05, 0) is 67.9 Å². The zero-order valence-corrected chi connectivity index (χ0v) is 16.8. The lowest BCUT2D eigenvalue weighted by molar-refractivity contribution is 0.0977. The first-order chi connectivity index (χ1) is 13.0. The molecule has 5 nitrogen and oxygen atoms in total. The van der Waals surface area contributed by atoms with Crippen LogP contribution in [0.2, 0.25) is 0 Å². The molecule has 0 spiro atoms. The van der Waals surface area contributed by atoms with Gasteiger partial charge in [-0.2, -0.15) is 0 Å². The number of hydrogen-bond acceptors (Lipinski definition) is 4. The molecule has 0 radical (unpaired) electrons. The Kier molecular flexibility index (Phi) is 8.07. The van der Waals surface area contributed by atoms with E-state index in [9.17, 15) is 4.79 Å². The molecule has 0 aliphatic carbocycles. The Morgan fingerprint density at radius 2 is 1.81 bits per heavy atom. The average Bonchev–Trinajstić information content (AvgIpc) is 2.62. The van der Waals surface area contributed by atoms with Crippen LogP contribution in [-0.2, 0) is 0 Å². The van der Waals surface area contributed by atoms with E-state index in [1.807, 2.05) is 31.2 Å². The van der Waals surface area contributed by atoms with Gasteiger partial charge in [0.15, 0.2) is 5.11 Å². The lowest BCUT2D eigenvalue weighted by Gasteiger charge is -2.12. The number of nitrogens with one attached hydrogen (secondary N) is 2. The quantitative estimate of drug-likeness (QED) is 0.648. The summed E-state index contributed by atoms with van der Waals surface area (Å²) >= 11 is 5.24. The van der Waals surface area contributed by atoms with E-state index in [1.54, 1.807) is 24.3 Å². The molecule has 2 rings (SSSR count). The number of amides is 1. The Labute approximate surface area is 166 Å². The van der Waals surface area contributed by atoms with Crippen molar-refractivity contribution in [1.29, 1.82) is 0 Å². The molecule has 144 valence electrons. The molecule has 1 amide bonds. The molecule has 0 heterocycles. The van der Waals surface area contributed by atoms with Crippen LogP contribution < -0.4 is 20.1 Å². The van der Waals surface area contributed by atoms with Crippen molar-refractivity contribution in [3.8, 4) is 11.5 Å². The van der Waals surface area contributed by atoms with E-state index in [1.165, 1.54) is 0 Å². The van der Waals surface area contributed by atoms with Crippen LogP contribution in [0.3, 0.4) is 0 Å². The number of anilines is 1. The van der Waals surface area contributed by atoms with E-state index in [0.717, 1.165) is 23.6 Å². The smallest absolute Gasteiger partial charge is 0.257 e. The molecule has 0 atom stereocenters. The highest BCUT2D eigenvalue weighted by Crippen LogP contribution is 2.18. The molecule has 2 aromatic rings. The second kappa shape index (κ2) is 10.5. The number of carbonyl (C=O) groups is 1. The largest absolute Gasteiger partial charge is 0.494 e. The topological polar surface area (TPSA) is 59.6 Å². The van der Waals surface area contributed by atoms with Gasteiger partial charge in [-0.25, -0.2) is 0 Å². The third-order valence-electron chi connectivity index (χ3n) is 3.71. The Bertz CT molecular complexity index is 760. The van der Waals surface area contributed by atoms with Crippen molar-refractivity contribution in [3.05, 3.63) is 54.1 Å². The minimum Gasteiger partial charge on any atom is -0.494 e. The highest BCUT2D eigenvalue weighted by molar-refractivity contribution is 7.80. The molecule has 0 bridgehead atoms. The predicted octanol–water partition coefficient (Wildman–Crippen LogP) is 4.64. The van der Waals surface area contributed by atoms with Gasteiger partial charge < -0.3 is 14.8 Å². The standard InChI is InChI=1S/C21H26N2O3S/c1-4-25-18-10-8-16(9-11-18)20(24)23-21(27)22-17-6-5-7-19(14-17)26-13-12-15(2)3/h5-11,14-15H,4,12-13H2,1-3H3,(H2,22,23,24,27). The fourth-order valence-corrected chi connectivity index (χ4v) is 2.49. The lowest BCUT2D eigenvalue weighted by Crippen LogP contribution is -2.34. The SMILES string of the molecule is CCOc1ccc(C(=O)NC(=S)Nc2cccc(OCCC(C)C)c2)cc1. The zero-order chi connectivity index (χ0) is 19.6. The number of hydrogen-bond donors (Lipinski definition) is 2. The van der Waals surface area contributed by atoms with E-state index in [-0.39, 0.29) is 11.0 Å². The Morgan fingerprint density at radius 3 is 2.48 bits per heavy atom. The monoisotopic (exact) mass is 386 g/mol. The Hall–Kier alpha value is -2.60. The molecule has 6 heteroatoms. The van der Waals surface area contributed by atoms with E-state index in [0.29, 0.717) is 24.7 Å². The molecular weight excluding hydrogens is 360 g/mol. The number of thiocarbonyl (C=S) groups is 1. The first-order valence-electron chi connectivity index (χ1n) is 9.06. The molecule has 0 aromatic heterocycles. The van der Waals surface area contributed by atoms with Crippen molar-refractivity contribution < 1.29 is 14.3 Å². The van der Waals surface area contributed by atoms with Crippen molar-refractivity contribution >= 4 is 28.9 Å². The predicted molar refractivity (Wildman–Crippen MR) is 113 cm³/mol. The first kappa shape index (κ1) is 20.7. The van der Waals surface area contributed by atoms with Gasteiger partial charge in [-0.1, -0.05) is 19.9 Å². The molecule has 0 aliphatic rings. The Balaban J connectivity index is 1.88. The molecular formula is C21H26N2O3S. The second-order valence-corrected chi connectivity index (χ2v) is 6.83. The van der Waals surface area contributed by atoms with Crippen LogP contribution in [-0.4, -0.2) is 24.2 Å². The number of benzene rings is 2. The minimum atomic E-state index is -0.278. The maximum absolute atomic E-state index is 12.3. The van der Waals surface area contributed by atoms with Gasteiger partial charge in [0.1, 0.15) is 11.5 Å². The number of rotatable bonds is 8. The molecule has 2 aromatic carbocycles. The van der Waals surface area contributed by atoms with Gasteiger partial charge in [0.2, 0.25) is 0 Å². The molecule has 0 fully saturated rings. The fourth-order valence-electron chi connectivity index (χ4n) is 2.28. The summed E-state index contributed by atoms with van der Waals surface area (Å²) in [5.74, 6) is 1.81. The molecule has 0 aliphatic heterocycles. The summed E-state index contributed by atoms with van der Waals surface area (Å²) < 4.78 is 11.1. The van der Waals surface area contributed by atoms with Crippen LogP contribution in [0.1, 0.15) is 37.6 Å².